The van der Waals surface area contributed by atoms with E-state index >= 15 is 0 Å². The van der Waals surface area contributed by atoms with E-state index in [1.807, 2.05) is 19.2 Å². The van der Waals surface area contributed by atoms with Gasteiger partial charge in [-0.3, -0.25) is 53.0 Å². The number of nitrogens with zero attached hydrogens (tertiary/aromatic N) is 7. The molecule has 1 rings (SSSR count). The van der Waals surface area contributed by atoms with E-state index in [4.69, 9.17) is 106 Å². The van der Waals surface area contributed by atoms with Gasteiger partial charge in [-0.05, 0) is 13.1 Å². The maximum Gasteiger partial charge on any atom is 0.389 e. The molecule has 1 fully saturated rings. The number of likely N-dealkylation sites (N-methyl/N-ethyl adjacent to an activating group) is 2. The quantitative estimate of drug-likeness (QED) is 0.0188. The molecule has 0 aliphatic carbocycles. The number of carboxylic acid groups (broad SMARTS) is 1. The molecule has 130 heavy (non-hydrogen) atoms. The smallest absolute Gasteiger partial charge is 0.389 e. The third-order valence-electron chi connectivity index (χ3n) is 18.0. The van der Waals surface area contributed by atoms with Crippen molar-refractivity contribution >= 4 is 59.1 Å². The van der Waals surface area contributed by atoms with Gasteiger partial charge in [0.25, 0.3) is 0 Å². The predicted molar refractivity (Wildman–Crippen MR) is 453 cm³/mol. The second kappa shape index (κ2) is 79.3. The Kier molecular flexibility index (Phi) is 73.0. The van der Waals surface area contributed by atoms with E-state index in [-0.39, 0.29) is 264 Å². The molecule has 47 heteroatoms. The Hall–Kier alpha value is -8.32. The topological polar surface area (TPSA) is 446 Å². The third-order valence-corrected chi connectivity index (χ3v) is 18.0. The summed E-state index contributed by atoms with van der Waals surface area (Å²) in [5.41, 5.74) is -3.19. The van der Waals surface area contributed by atoms with E-state index < -0.39 is 162 Å². The molecule has 1 saturated heterocycles. The Morgan fingerprint density at radius 3 is 0.831 bits per heavy atom. The highest BCUT2D eigenvalue weighted by atomic mass is 19.4. The molecular formula is C83H136F6N13O28-. The molecular weight excluding hydrogens is 1740 g/mol. The number of halogens is 6. The second-order valence-corrected chi connectivity index (χ2v) is 28.4. The van der Waals surface area contributed by atoms with Gasteiger partial charge in [0.1, 0.15) is 72.3 Å². The number of amides is 9. The van der Waals surface area contributed by atoms with Crippen LogP contribution in [0, 0.1) is 54.8 Å². The lowest BCUT2D eigenvalue weighted by molar-refractivity contribution is -0.306. The average molecular weight is 1880 g/mol. The summed E-state index contributed by atoms with van der Waals surface area (Å²) >= 11 is 0. The summed E-state index contributed by atoms with van der Waals surface area (Å²) in [7, 11) is 0. The van der Waals surface area contributed by atoms with E-state index in [0.29, 0.717) is 60.5 Å². The number of carbonyl (C=O) groups excluding carboxylic acids is 10. The lowest BCUT2D eigenvalue weighted by Gasteiger charge is -2.35. The van der Waals surface area contributed by atoms with Crippen molar-refractivity contribution in [3.8, 4) is 49.4 Å². The van der Waals surface area contributed by atoms with Crippen LogP contribution in [-0.4, -0.2) is 487 Å². The molecule has 0 aromatic heterocycles. The van der Waals surface area contributed by atoms with Crippen molar-refractivity contribution in [3.63, 3.8) is 0 Å². The van der Waals surface area contributed by atoms with Crippen LogP contribution in [0.15, 0.2) is 0 Å². The lowest BCUT2D eigenvalue weighted by Crippen LogP contribution is -2.54. The first kappa shape index (κ1) is 120. The molecule has 41 nitrogen and oxygen atoms in total. The van der Waals surface area contributed by atoms with Gasteiger partial charge >= 0.3 is 12.4 Å². The normalized spacial score (nSPS) is 13.3. The van der Waals surface area contributed by atoms with E-state index in [2.05, 4.69) is 60.1 Å². The minimum Gasteiger partial charge on any atom is -0.549 e. The van der Waals surface area contributed by atoms with Crippen LogP contribution in [-0.2, 0) is 128 Å². The summed E-state index contributed by atoms with van der Waals surface area (Å²) in [6.45, 7) is -0.409. The van der Waals surface area contributed by atoms with E-state index in [0.717, 1.165) is 0 Å². The van der Waals surface area contributed by atoms with Gasteiger partial charge in [-0.25, -0.2) is 0 Å². The van der Waals surface area contributed by atoms with Gasteiger partial charge in [-0.1, -0.05) is 37.5 Å². The van der Waals surface area contributed by atoms with Gasteiger partial charge in [-0.2, -0.15) is 26.3 Å². The first-order chi connectivity index (χ1) is 62.6. The highest BCUT2D eigenvalue weighted by molar-refractivity contribution is 5.95. The fraction of sp³-hybridized carbons (Fsp3) is 0.783. The number of aliphatic carboxylic acids is 1. The second-order valence-electron chi connectivity index (χ2n) is 28.4. The van der Waals surface area contributed by atoms with Crippen molar-refractivity contribution in [1.29, 1.82) is 0 Å². The molecule has 0 aromatic rings. The van der Waals surface area contributed by atoms with Crippen LogP contribution in [0.2, 0.25) is 0 Å². The monoisotopic (exact) mass is 1880 g/mol. The Bertz CT molecular complexity index is 3000. The van der Waals surface area contributed by atoms with Crippen LogP contribution in [0.25, 0.3) is 0 Å². The fourth-order valence-corrected chi connectivity index (χ4v) is 11.5. The van der Waals surface area contributed by atoms with Crippen LogP contribution in [0.3, 0.4) is 0 Å². The Labute approximate surface area is 758 Å². The number of hydrogen-bond donors (Lipinski definition) is 6. The lowest BCUT2D eigenvalue weighted by atomic mass is 9.81. The van der Waals surface area contributed by atoms with Gasteiger partial charge in [0.15, 0.2) is 0 Å². The number of rotatable bonds is 80. The zero-order valence-electron chi connectivity index (χ0n) is 75.1. The maximum absolute atomic E-state index is 14.9. The summed E-state index contributed by atoms with van der Waals surface area (Å²) in [5.74, 6) is -1.84. The van der Waals surface area contributed by atoms with Gasteiger partial charge < -0.3 is 147 Å². The highest BCUT2D eigenvalue weighted by Gasteiger charge is 2.50. The van der Waals surface area contributed by atoms with Gasteiger partial charge in [0, 0.05) is 97.0 Å². The van der Waals surface area contributed by atoms with Gasteiger partial charge in [-0.15, -0.1) is 25.7 Å². The Morgan fingerprint density at radius 2 is 0.569 bits per heavy atom. The SMILES string of the molecule is C#CCOCCOCCOCCOCCNC(=O)CN(CC(=O)NCCOCCOCCOCCOCC#C)C(=O)CN(CC(=O)N(CC(=O)NCCOCCOCCOCCOCC#C)CC(=O)NCCOCCOCCOCCOCC#C)C(=O)COCC(CNC(=O)CNC(=O)CN1CCN(CC)CCN(CC)CCN(CC(=O)[O-])CC1)(CC(F)(F)F)CC(F)(F)F. The molecule has 0 spiro atoms. The number of nitrogens with one attached hydrogen (secondary N) is 6. The first-order valence-corrected chi connectivity index (χ1v) is 42.8. The van der Waals surface area contributed by atoms with Crippen molar-refractivity contribution in [2.45, 2.75) is 39.0 Å². The number of hydrogen-bond acceptors (Lipinski definition) is 32. The fourth-order valence-electron chi connectivity index (χ4n) is 11.5. The van der Waals surface area contributed by atoms with Crippen LogP contribution in [0.4, 0.5) is 26.3 Å². The van der Waals surface area contributed by atoms with Crippen molar-refractivity contribution < 1.29 is 160 Å². The van der Waals surface area contributed by atoms with E-state index in [9.17, 15) is 79.4 Å². The number of alkyl halides is 6. The molecule has 0 aromatic carbocycles. The summed E-state index contributed by atoms with van der Waals surface area (Å²) in [6, 6.07) is 0. The summed E-state index contributed by atoms with van der Waals surface area (Å²) in [6.07, 6.45) is 5.14. The molecule has 6 N–H and O–H groups in total. The van der Waals surface area contributed by atoms with Crippen molar-refractivity contribution in [2.75, 3.05) is 382 Å². The molecule has 0 unspecified atom stereocenters. The van der Waals surface area contributed by atoms with Crippen molar-refractivity contribution in [2.24, 2.45) is 5.41 Å². The predicted octanol–water partition coefficient (Wildman–Crippen LogP) is -5.11. The minimum atomic E-state index is -5.44. The number of carboxylic acids is 1. The molecule has 0 bridgehead atoms. The third kappa shape index (κ3) is 71.4. The van der Waals surface area contributed by atoms with Gasteiger partial charge in [0.05, 0.1) is 224 Å². The molecule has 0 radical (unpaired) electrons. The van der Waals surface area contributed by atoms with Crippen molar-refractivity contribution in [3.05, 3.63) is 0 Å². The van der Waals surface area contributed by atoms with E-state index in [1.165, 1.54) is 0 Å². The largest absolute Gasteiger partial charge is 0.549 e. The molecule has 0 atom stereocenters. The van der Waals surface area contributed by atoms with Gasteiger partial charge in [0.2, 0.25) is 53.2 Å². The zero-order valence-corrected chi connectivity index (χ0v) is 75.1. The zero-order chi connectivity index (χ0) is 95.8. The summed E-state index contributed by atoms with van der Waals surface area (Å²) < 4.78 is 180. The summed E-state index contributed by atoms with van der Waals surface area (Å²) in [4.78, 5) is 148. The Morgan fingerprint density at radius 1 is 0.315 bits per heavy atom. The van der Waals surface area contributed by atoms with Crippen LogP contribution < -0.4 is 37.0 Å². The van der Waals surface area contributed by atoms with Crippen LogP contribution in [0.1, 0.15) is 26.7 Å². The molecule has 744 valence electrons. The molecule has 0 saturated carbocycles. The number of ether oxygens (including phenoxy) is 17. The van der Waals surface area contributed by atoms with E-state index in [1.54, 1.807) is 9.80 Å². The van der Waals surface area contributed by atoms with Crippen LogP contribution in [0.5, 0.6) is 0 Å². The molecule has 1 heterocycles. The molecule has 1 aliphatic heterocycles. The average Bonchev–Trinajstić information content (AvgIpc) is 0.815. The standard InChI is InChI=1S/C83H137F6N13O28/c1-7-25-114-33-41-122-49-53-126-45-37-118-29-13-90-73(105)59-100(60-74(106)91-14-30-119-38-46-127-54-50-123-42-34-115-26-8-2)77(109)63-102(64-78(110)101(61-75(107)92-15-31-120-39-47-128-55-51-124-43-35-116-27-9-3)62-76(108)93-16-32-121-40-48-129-56-52-125-44-36-117-28-10-4)79(111)66-130-70-81(67-82(84,85)86,68-83(87,88)89)69-95-71(103)57-94-72(104)58-98-21-19-96(11-5)17-18-97(12-6)20-22-99(24-23-98)65-80(112)113/h1-4H,11-70H2,5-6H3,(H,90,105)(H,91,106)(H,92,107)(H,93,108)(H,94,104)(H,95,103)(H,112,113)/p-1. The Balaban J connectivity index is 3.83. The number of terminal acetylenes is 4. The molecule has 1 aliphatic rings. The first-order valence-electron chi connectivity index (χ1n) is 42.8. The maximum atomic E-state index is 14.9. The number of carbonyl (C=O) groups is 10. The molecule has 9 amide bonds. The van der Waals surface area contributed by atoms with Crippen LogP contribution >= 0.6 is 0 Å². The highest BCUT2D eigenvalue weighted by Crippen LogP contribution is 2.42. The van der Waals surface area contributed by atoms with Crippen molar-refractivity contribution in [1.82, 2.24) is 66.2 Å². The minimum absolute atomic E-state index is 0.0503. The summed E-state index contributed by atoms with van der Waals surface area (Å²) in [5, 5.41) is 26.2.